The van der Waals surface area contributed by atoms with Crippen LogP contribution in [0.5, 0.6) is 5.75 Å². The van der Waals surface area contributed by atoms with Crippen LogP contribution in [0.25, 0.3) is 0 Å². The minimum Gasteiger partial charge on any atom is -0.508 e. The van der Waals surface area contributed by atoms with Gasteiger partial charge in [0.05, 0.1) is 0 Å². The minimum absolute atomic E-state index is 0.0248. The third-order valence-corrected chi connectivity index (χ3v) is 6.61. The van der Waals surface area contributed by atoms with E-state index in [0.29, 0.717) is 17.6 Å². The minimum atomic E-state index is 0.0248. The zero-order valence-electron chi connectivity index (χ0n) is 14.4. The van der Waals surface area contributed by atoms with Crippen LogP contribution in [0, 0.1) is 11.3 Å². The van der Waals surface area contributed by atoms with Gasteiger partial charge in [-0.15, -0.1) is 0 Å². The summed E-state index contributed by atoms with van der Waals surface area (Å²) in [7, 11) is 0. The number of rotatable bonds is 2. The molecule has 2 nitrogen and oxygen atoms in total. The highest BCUT2D eigenvalue weighted by atomic mass is 16.3. The van der Waals surface area contributed by atoms with Gasteiger partial charge in [-0.3, -0.25) is 0 Å². The predicted molar refractivity (Wildman–Crippen MR) is 90.4 cm³/mol. The summed E-state index contributed by atoms with van der Waals surface area (Å²) in [6.07, 6.45) is 5.68. The fourth-order valence-electron chi connectivity index (χ4n) is 5.31. The van der Waals surface area contributed by atoms with Crippen LogP contribution in [0.3, 0.4) is 0 Å². The smallest absolute Gasteiger partial charge is 0.119 e. The molecule has 1 fully saturated rings. The molecule has 0 bridgehead atoms. The molecular formula is C20H30O2. The van der Waals surface area contributed by atoms with Gasteiger partial charge in [-0.25, -0.2) is 0 Å². The van der Waals surface area contributed by atoms with Crippen LogP contribution in [-0.4, -0.2) is 16.8 Å². The van der Waals surface area contributed by atoms with Gasteiger partial charge in [0, 0.05) is 6.61 Å². The van der Waals surface area contributed by atoms with Crippen molar-refractivity contribution in [2.24, 2.45) is 11.3 Å². The summed E-state index contributed by atoms with van der Waals surface area (Å²) in [6.45, 7) is 9.16. The van der Waals surface area contributed by atoms with Gasteiger partial charge in [-0.1, -0.05) is 40.2 Å². The van der Waals surface area contributed by atoms with Crippen molar-refractivity contribution in [1.29, 1.82) is 0 Å². The summed E-state index contributed by atoms with van der Waals surface area (Å²) >= 11 is 0. The standard InChI is InChI=1S/C20H30O2/c1-13(2)15-10-14-6-7-18-19(3,12-21)8-5-9-20(18,4)16(14)11-17(15)22/h10-11,13,18,21-22H,5-9,12H2,1-4H3/t18?,19-,20-/m0/s1. The highest BCUT2D eigenvalue weighted by molar-refractivity contribution is 5.48. The maximum absolute atomic E-state index is 10.5. The van der Waals surface area contributed by atoms with Crippen molar-refractivity contribution >= 4 is 0 Å². The van der Waals surface area contributed by atoms with Crippen LogP contribution >= 0.6 is 0 Å². The lowest BCUT2D eigenvalue weighted by molar-refractivity contribution is -0.0179. The number of hydrogen-bond acceptors (Lipinski definition) is 2. The van der Waals surface area contributed by atoms with E-state index in [2.05, 4.69) is 33.8 Å². The van der Waals surface area contributed by atoms with Crippen LogP contribution in [0.2, 0.25) is 0 Å². The molecule has 0 amide bonds. The number of aromatic hydroxyl groups is 1. The zero-order valence-corrected chi connectivity index (χ0v) is 14.4. The molecule has 0 aliphatic heterocycles. The Hall–Kier alpha value is -1.02. The van der Waals surface area contributed by atoms with E-state index in [0.717, 1.165) is 31.2 Å². The van der Waals surface area contributed by atoms with Crippen LogP contribution in [0.15, 0.2) is 12.1 Å². The fraction of sp³-hybridized carbons (Fsp3) is 0.700. The second kappa shape index (κ2) is 5.26. The molecule has 0 radical (unpaired) electrons. The van der Waals surface area contributed by atoms with Crippen molar-refractivity contribution in [2.75, 3.05) is 6.61 Å². The van der Waals surface area contributed by atoms with E-state index in [1.54, 1.807) is 0 Å². The molecule has 2 heteroatoms. The van der Waals surface area contributed by atoms with E-state index in [-0.39, 0.29) is 17.4 Å². The first kappa shape index (κ1) is 15.9. The lowest BCUT2D eigenvalue weighted by Gasteiger charge is -2.55. The van der Waals surface area contributed by atoms with Gasteiger partial charge in [0.1, 0.15) is 5.75 Å². The number of aliphatic hydroxyl groups is 1. The number of phenolic OH excluding ortho intramolecular Hbond substituents is 1. The van der Waals surface area contributed by atoms with Crippen molar-refractivity contribution in [3.05, 3.63) is 28.8 Å². The quantitative estimate of drug-likeness (QED) is 0.843. The second-order valence-electron chi connectivity index (χ2n) is 8.40. The van der Waals surface area contributed by atoms with Crippen LogP contribution in [0.1, 0.15) is 76.0 Å². The maximum atomic E-state index is 10.5. The predicted octanol–water partition coefficient (Wildman–Crippen LogP) is 4.52. The average molecular weight is 302 g/mol. The summed E-state index contributed by atoms with van der Waals surface area (Å²) in [4.78, 5) is 0. The highest BCUT2D eigenvalue weighted by Gasteiger charge is 2.51. The average Bonchev–Trinajstić information content (AvgIpc) is 2.47. The first-order valence-corrected chi connectivity index (χ1v) is 8.79. The van der Waals surface area contributed by atoms with Crippen molar-refractivity contribution in [3.8, 4) is 5.75 Å². The molecule has 122 valence electrons. The summed E-state index contributed by atoms with van der Waals surface area (Å²) in [5, 5.41) is 20.5. The third kappa shape index (κ3) is 2.19. The molecule has 1 aromatic rings. The number of phenols is 1. The monoisotopic (exact) mass is 302 g/mol. The molecule has 0 heterocycles. The number of aliphatic hydroxyl groups excluding tert-OH is 1. The third-order valence-electron chi connectivity index (χ3n) is 6.61. The Bertz CT molecular complexity index is 577. The molecular weight excluding hydrogens is 272 g/mol. The van der Waals surface area contributed by atoms with Gasteiger partial charge in [0.25, 0.3) is 0 Å². The number of benzene rings is 1. The lowest BCUT2D eigenvalue weighted by Crippen LogP contribution is -2.50. The Morgan fingerprint density at radius 3 is 2.59 bits per heavy atom. The first-order valence-electron chi connectivity index (χ1n) is 8.79. The molecule has 2 aliphatic rings. The van der Waals surface area contributed by atoms with Gasteiger partial charge in [-0.2, -0.15) is 0 Å². The summed E-state index contributed by atoms with van der Waals surface area (Å²) in [6, 6.07) is 4.28. The van der Waals surface area contributed by atoms with Crippen LogP contribution < -0.4 is 0 Å². The van der Waals surface area contributed by atoms with Gasteiger partial charge in [-0.05, 0) is 71.1 Å². The lowest BCUT2D eigenvalue weighted by atomic mass is 9.50. The topological polar surface area (TPSA) is 40.5 Å². The Balaban J connectivity index is 2.11. The fourth-order valence-corrected chi connectivity index (χ4v) is 5.31. The van der Waals surface area contributed by atoms with Crippen molar-refractivity contribution in [1.82, 2.24) is 0 Å². The van der Waals surface area contributed by atoms with Gasteiger partial charge in [0.2, 0.25) is 0 Å². The Labute approximate surface area is 134 Å². The summed E-state index contributed by atoms with van der Waals surface area (Å²) in [5.41, 5.74) is 3.95. The first-order chi connectivity index (χ1) is 10.3. The summed E-state index contributed by atoms with van der Waals surface area (Å²) < 4.78 is 0. The van der Waals surface area contributed by atoms with E-state index in [1.807, 2.05) is 6.07 Å². The Kier molecular flexibility index (Phi) is 3.79. The molecule has 22 heavy (non-hydrogen) atoms. The molecule has 0 aromatic heterocycles. The van der Waals surface area contributed by atoms with E-state index in [1.165, 1.54) is 17.5 Å². The normalized spacial score (nSPS) is 34.4. The molecule has 1 saturated carbocycles. The Morgan fingerprint density at radius 2 is 1.95 bits per heavy atom. The largest absolute Gasteiger partial charge is 0.508 e. The van der Waals surface area contributed by atoms with Gasteiger partial charge >= 0.3 is 0 Å². The number of hydrogen-bond donors (Lipinski definition) is 2. The molecule has 3 atom stereocenters. The summed E-state index contributed by atoms with van der Waals surface area (Å²) in [5.74, 6) is 1.31. The van der Waals surface area contributed by atoms with E-state index in [4.69, 9.17) is 0 Å². The van der Waals surface area contributed by atoms with E-state index < -0.39 is 0 Å². The molecule has 1 unspecified atom stereocenters. The van der Waals surface area contributed by atoms with Crippen molar-refractivity contribution in [2.45, 2.75) is 71.1 Å². The zero-order chi connectivity index (χ0) is 16.1. The van der Waals surface area contributed by atoms with Crippen LogP contribution in [0.4, 0.5) is 0 Å². The van der Waals surface area contributed by atoms with Crippen molar-refractivity contribution in [3.63, 3.8) is 0 Å². The molecule has 0 saturated heterocycles. The highest BCUT2D eigenvalue weighted by Crippen LogP contribution is 2.57. The molecule has 2 N–H and O–H groups in total. The molecule has 0 spiro atoms. The number of fused-ring (bicyclic) bond motifs is 3. The maximum Gasteiger partial charge on any atom is 0.119 e. The van der Waals surface area contributed by atoms with Crippen LogP contribution in [-0.2, 0) is 11.8 Å². The molecule has 2 aliphatic carbocycles. The Morgan fingerprint density at radius 1 is 1.23 bits per heavy atom. The molecule has 3 rings (SSSR count). The second-order valence-corrected chi connectivity index (χ2v) is 8.40. The van der Waals surface area contributed by atoms with E-state index in [9.17, 15) is 10.2 Å². The molecule has 1 aromatic carbocycles. The number of aryl methyl sites for hydroxylation is 1. The van der Waals surface area contributed by atoms with Crippen molar-refractivity contribution < 1.29 is 10.2 Å². The SMILES string of the molecule is CC(C)c1cc2c(cc1O)[C@]1(C)CCC[C@@](C)(CO)C1CC2. The van der Waals surface area contributed by atoms with E-state index >= 15 is 0 Å². The van der Waals surface area contributed by atoms with Gasteiger partial charge < -0.3 is 10.2 Å². The van der Waals surface area contributed by atoms with Gasteiger partial charge in [0.15, 0.2) is 0 Å².